The van der Waals surface area contributed by atoms with E-state index in [1.807, 2.05) is 48.5 Å². The molecule has 0 aliphatic rings. The van der Waals surface area contributed by atoms with Crippen molar-refractivity contribution in [2.45, 2.75) is 6.54 Å². The molecule has 1 heterocycles. The lowest BCUT2D eigenvalue weighted by Crippen LogP contribution is -2.25. The van der Waals surface area contributed by atoms with Crippen LogP contribution in [0.15, 0.2) is 77.7 Å². The molecule has 0 bridgehead atoms. The second kappa shape index (κ2) is 7.87. The van der Waals surface area contributed by atoms with Crippen LogP contribution < -0.4 is 15.0 Å². The van der Waals surface area contributed by atoms with Crippen molar-refractivity contribution >= 4 is 10.8 Å². The number of aromatic nitrogens is 2. The molecule has 4 rings (SSSR count). The summed E-state index contributed by atoms with van der Waals surface area (Å²) in [4.78, 5) is 13.0. The Hall–Kier alpha value is -4.11. The van der Waals surface area contributed by atoms with Crippen molar-refractivity contribution in [2.24, 2.45) is 0 Å². The van der Waals surface area contributed by atoms with Crippen molar-refractivity contribution in [1.82, 2.24) is 9.78 Å². The Labute approximate surface area is 167 Å². The molecule has 0 atom stereocenters. The molecule has 1 aromatic heterocycles. The van der Waals surface area contributed by atoms with Gasteiger partial charge in [-0.2, -0.15) is 10.4 Å². The molecule has 0 fully saturated rings. The van der Waals surface area contributed by atoms with E-state index < -0.39 is 5.56 Å². The van der Waals surface area contributed by atoms with Crippen LogP contribution in [0, 0.1) is 11.3 Å². The number of methoxy groups -OCH3 is 1. The van der Waals surface area contributed by atoms with Crippen LogP contribution in [0.1, 0.15) is 11.1 Å². The summed E-state index contributed by atoms with van der Waals surface area (Å²) >= 11 is 0. The van der Waals surface area contributed by atoms with Crippen LogP contribution in [-0.4, -0.2) is 16.9 Å². The van der Waals surface area contributed by atoms with Crippen LogP contribution >= 0.6 is 0 Å². The minimum atomic E-state index is -0.465. The van der Waals surface area contributed by atoms with Crippen LogP contribution in [0.5, 0.6) is 17.2 Å². The number of hydrogen-bond donors (Lipinski definition) is 0. The predicted molar refractivity (Wildman–Crippen MR) is 109 cm³/mol. The Morgan fingerprint density at radius 1 is 1.00 bits per heavy atom. The standard InChI is InChI=1S/C23H17N3O3/c1-28-19-9-11-20(12-10-19)29-22-18(13-24)14-25-26(23(22)27)15-17-7-4-6-16-5-2-3-8-21(16)17/h2-12,14H,15H2,1H3. The molecule has 0 saturated carbocycles. The van der Waals surface area contributed by atoms with Gasteiger partial charge in [0.1, 0.15) is 23.1 Å². The third-order valence-corrected chi connectivity index (χ3v) is 4.60. The molecule has 0 N–H and O–H groups in total. The van der Waals surface area contributed by atoms with E-state index in [4.69, 9.17) is 9.47 Å². The Kier molecular flexibility index (Phi) is 4.95. The number of fused-ring (bicyclic) bond motifs is 1. The number of hydrogen-bond acceptors (Lipinski definition) is 5. The largest absolute Gasteiger partial charge is 0.497 e. The first-order valence-electron chi connectivity index (χ1n) is 8.98. The zero-order valence-corrected chi connectivity index (χ0v) is 15.7. The zero-order valence-electron chi connectivity index (χ0n) is 15.7. The van der Waals surface area contributed by atoms with Gasteiger partial charge in [0.2, 0.25) is 5.75 Å². The highest BCUT2D eigenvalue weighted by Gasteiger charge is 2.15. The van der Waals surface area contributed by atoms with Gasteiger partial charge in [0.05, 0.1) is 19.9 Å². The third-order valence-electron chi connectivity index (χ3n) is 4.60. The molecule has 0 radical (unpaired) electrons. The number of nitrogens with zero attached hydrogens (tertiary/aromatic N) is 3. The Morgan fingerprint density at radius 3 is 2.48 bits per heavy atom. The molecule has 6 nitrogen and oxygen atoms in total. The monoisotopic (exact) mass is 383 g/mol. The van der Waals surface area contributed by atoms with E-state index in [1.54, 1.807) is 31.4 Å². The minimum absolute atomic E-state index is 0.0482. The predicted octanol–water partition coefficient (Wildman–Crippen LogP) is 4.12. The van der Waals surface area contributed by atoms with E-state index in [2.05, 4.69) is 5.10 Å². The van der Waals surface area contributed by atoms with Crippen molar-refractivity contribution < 1.29 is 9.47 Å². The first-order valence-corrected chi connectivity index (χ1v) is 8.98. The van der Waals surface area contributed by atoms with Crippen molar-refractivity contribution in [3.05, 3.63) is 94.4 Å². The molecule has 0 amide bonds. The fourth-order valence-corrected chi connectivity index (χ4v) is 3.12. The van der Waals surface area contributed by atoms with Gasteiger partial charge in [0.15, 0.2) is 0 Å². The van der Waals surface area contributed by atoms with E-state index in [1.165, 1.54) is 10.9 Å². The SMILES string of the molecule is COc1ccc(Oc2c(C#N)cnn(Cc3cccc4ccccc34)c2=O)cc1. The van der Waals surface area contributed by atoms with Gasteiger partial charge in [-0.3, -0.25) is 4.79 Å². The van der Waals surface area contributed by atoms with E-state index >= 15 is 0 Å². The van der Waals surface area contributed by atoms with Gasteiger partial charge in [-0.05, 0) is 40.6 Å². The minimum Gasteiger partial charge on any atom is -0.497 e. The molecule has 6 heteroatoms. The van der Waals surface area contributed by atoms with E-state index in [0.717, 1.165) is 16.3 Å². The van der Waals surface area contributed by atoms with Crippen molar-refractivity contribution in [3.8, 4) is 23.3 Å². The first kappa shape index (κ1) is 18.3. The summed E-state index contributed by atoms with van der Waals surface area (Å²) in [5.41, 5.74) is 0.575. The molecule has 4 aromatic rings. The lowest BCUT2D eigenvalue weighted by molar-refractivity contribution is 0.412. The molecule has 3 aromatic carbocycles. The topological polar surface area (TPSA) is 77.1 Å². The maximum Gasteiger partial charge on any atom is 0.311 e. The third kappa shape index (κ3) is 3.66. The summed E-state index contributed by atoms with van der Waals surface area (Å²) < 4.78 is 12.2. The maximum absolute atomic E-state index is 13.0. The number of benzene rings is 3. The van der Waals surface area contributed by atoms with Gasteiger partial charge in [-0.1, -0.05) is 42.5 Å². The van der Waals surface area contributed by atoms with Crippen LogP contribution in [0.2, 0.25) is 0 Å². The second-order valence-corrected chi connectivity index (χ2v) is 6.38. The van der Waals surface area contributed by atoms with E-state index in [0.29, 0.717) is 11.5 Å². The smallest absolute Gasteiger partial charge is 0.311 e. The van der Waals surface area contributed by atoms with Crippen LogP contribution in [-0.2, 0) is 6.54 Å². The van der Waals surface area contributed by atoms with Gasteiger partial charge in [-0.15, -0.1) is 0 Å². The lowest BCUT2D eigenvalue weighted by Gasteiger charge is -2.11. The fourth-order valence-electron chi connectivity index (χ4n) is 3.12. The first-order chi connectivity index (χ1) is 14.2. The maximum atomic E-state index is 13.0. The molecule has 29 heavy (non-hydrogen) atoms. The van der Waals surface area contributed by atoms with Crippen LogP contribution in [0.25, 0.3) is 10.8 Å². The Balaban J connectivity index is 1.72. The summed E-state index contributed by atoms with van der Waals surface area (Å²) in [6.07, 6.45) is 1.35. The molecule has 0 saturated heterocycles. The van der Waals surface area contributed by atoms with E-state index in [9.17, 15) is 10.1 Å². The molecule has 0 unspecified atom stereocenters. The Bertz CT molecular complexity index is 1270. The van der Waals surface area contributed by atoms with Crippen molar-refractivity contribution in [2.75, 3.05) is 7.11 Å². The van der Waals surface area contributed by atoms with Gasteiger partial charge >= 0.3 is 5.56 Å². The van der Waals surface area contributed by atoms with Crippen LogP contribution in [0.3, 0.4) is 0 Å². The number of rotatable bonds is 5. The summed E-state index contributed by atoms with van der Waals surface area (Å²) in [6.45, 7) is 0.269. The molecule has 0 spiro atoms. The summed E-state index contributed by atoms with van der Waals surface area (Å²) in [5, 5.41) is 15.7. The average molecular weight is 383 g/mol. The zero-order chi connectivity index (χ0) is 20.2. The normalized spacial score (nSPS) is 10.5. The molecular formula is C23H17N3O3. The van der Waals surface area contributed by atoms with Crippen LogP contribution in [0.4, 0.5) is 0 Å². The highest BCUT2D eigenvalue weighted by Crippen LogP contribution is 2.24. The molecule has 0 aliphatic heterocycles. The van der Waals surface area contributed by atoms with Gasteiger partial charge in [0, 0.05) is 0 Å². The van der Waals surface area contributed by atoms with Crippen molar-refractivity contribution in [3.63, 3.8) is 0 Å². The average Bonchev–Trinajstić information content (AvgIpc) is 2.77. The Morgan fingerprint density at radius 2 is 1.72 bits per heavy atom. The fraction of sp³-hybridized carbons (Fsp3) is 0.0870. The second-order valence-electron chi connectivity index (χ2n) is 6.38. The highest BCUT2D eigenvalue weighted by atomic mass is 16.5. The lowest BCUT2D eigenvalue weighted by atomic mass is 10.0. The van der Waals surface area contributed by atoms with Gasteiger partial charge < -0.3 is 9.47 Å². The highest BCUT2D eigenvalue weighted by molar-refractivity contribution is 5.85. The quantitative estimate of drug-likeness (QED) is 0.518. The molecular weight excluding hydrogens is 366 g/mol. The summed E-state index contributed by atoms with van der Waals surface area (Å²) in [5.74, 6) is 1.05. The number of ether oxygens (including phenoxy) is 2. The van der Waals surface area contributed by atoms with Gasteiger partial charge in [-0.25, -0.2) is 4.68 Å². The molecule has 0 aliphatic carbocycles. The van der Waals surface area contributed by atoms with E-state index in [-0.39, 0.29) is 17.9 Å². The van der Waals surface area contributed by atoms with Gasteiger partial charge in [0.25, 0.3) is 0 Å². The number of nitriles is 1. The van der Waals surface area contributed by atoms with Crippen molar-refractivity contribution in [1.29, 1.82) is 5.26 Å². The summed E-state index contributed by atoms with van der Waals surface area (Å²) in [7, 11) is 1.57. The summed E-state index contributed by atoms with van der Waals surface area (Å²) in [6, 6.07) is 22.6. The molecule has 142 valence electrons.